The fourth-order valence-electron chi connectivity index (χ4n) is 3.83. The summed E-state index contributed by atoms with van der Waals surface area (Å²) in [5.41, 5.74) is 1.40. The van der Waals surface area contributed by atoms with E-state index < -0.39 is 0 Å². The average Bonchev–Trinajstić information content (AvgIpc) is 3.44. The molecular weight excluding hydrogens is 403 g/mol. The third-order valence-electron chi connectivity index (χ3n) is 5.50. The second-order valence-corrected chi connectivity index (χ2v) is 7.63. The number of carbonyl (C=O) groups is 1. The zero-order valence-electron chi connectivity index (χ0n) is 16.7. The molecule has 2 aliphatic rings. The van der Waals surface area contributed by atoms with Crippen molar-refractivity contribution < 1.29 is 23.2 Å². The molecule has 1 aromatic heterocycles. The molecule has 3 aromatic rings. The predicted octanol–water partition coefficient (Wildman–Crippen LogP) is 3.42. The Balaban J connectivity index is 1.13. The van der Waals surface area contributed by atoms with Crippen LogP contribution in [0.25, 0.3) is 11.4 Å². The van der Waals surface area contributed by atoms with Crippen LogP contribution < -0.4 is 14.8 Å². The number of hydrogen-bond acceptors (Lipinski definition) is 7. The summed E-state index contributed by atoms with van der Waals surface area (Å²) in [7, 11) is 0. The van der Waals surface area contributed by atoms with Crippen molar-refractivity contribution in [1.29, 1.82) is 0 Å². The maximum absolute atomic E-state index is 13.1. The molecule has 5 rings (SSSR count). The quantitative estimate of drug-likeness (QED) is 0.671. The molecule has 0 aliphatic carbocycles. The molecule has 3 heterocycles. The summed E-state index contributed by atoms with van der Waals surface area (Å²) < 4.78 is 29.2. The van der Waals surface area contributed by atoms with Gasteiger partial charge in [0.1, 0.15) is 5.82 Å². The first-order valence-corrected chi connectivity index (χ1v) is 10.2. The molecule has 9 heteroatoms. The number of benzene rings is 2. The number of aromatic nitrogens is 2. The largest absolute Gasteiger partial charge is 0.454 e. The van der Waals surface area contributed by atoms with Gasteiger partial charge in [-0.05, 0) is 62.3 Å². The Morgan fingerprint density at radius 1 is 1.10 bits per heavy atom. The summed E-state index contributed by atoms with van der Waals surface area (Å²) in [6.07, 6.45) is 1.64. The Kier molecular flexibility index (Phi) is 5.25. The molecule has 0 spiro atoms. The molecule has 0 saturated carbocycles. The van der Waals surface area contributed by atoms with E-state index >= 15 is 0 Å². The van der Waals surface area contributed by atoms with Crippen molar-refractivity contribution >= 4 is 11.6 Å². The van der Waals surface area contributed by atoms with Crippen LogP contribution in [0.4, 0.5) is 10.1 Å². The molecule has 0 atom stereocenters. The normalized spacial score (nSPS) is 16.4. The van der Waals surface area contributed by atoms with Crippen LogP contribution in [0.1, 0.15) is 24.7 Å². The van der Waals surface area contributed by atoms with Gasteiger partial charge in [-0.25, -0.2) is 4.39 Å². The van der Waals surface area contributed by atoms with Gasteiger partial charge >= 0.3 is 0 Å². The predicted molar refractivity (Wildman–Crippen MR) is 109 cm³/mol. The minimum atomic E-state index is -0.303. The van der Waals surface area contributed by atoms with Crippen LogP contribution in [-0.2, 0) is 4.79 Å². The lowest BCUT2D eigenvalue weighted by Gasteiger charge is -2.29. The van der Waals surface area contributed by atoms with Gasteiger partial charge in [0.25, 0.3) is 0 Å². The van der Waals surface area contributed by atoms with Crippen LogP contribution in [-0.4, -0.2) is 47.4 Å². The molecule has 0 unspecified atom stereocenters. The number of piperidine rings is 1. The maximum Gasteiger partial charge on any atom is 0.238 e. The third kappa shape index (κ3) is 4.36. The third-order valence-corrected chi connectivity index (χ3v) is 5.50. The van der Waals surface area contributed by atoms with Crippen LogP contribution in [0, 0.1) is 5.82 Å². The zero-order valence-corrected chi connectivity index (χ0v) is 16.7. The number of nitrogens with zero attached hydrogens (tertiary/aromatic N) is 3. The van der Waals surface area contributed by atoms with E-state index in [1.54, 1.807) is 30.3 Å². The molecule has 1 N–H and O–H groups in total. The van der Waals surface area contributed by atoms with Crippen LogP contribution >= 0.6 is 0 Å². The summed E-state index contributed by atoms with van der Waals surface area (Å²) in [6, 6.07) is 11.4. The molecular formula is C22H21FN4O4. The lowest BCUT2D eigenvalue weighted by molar-refractivity contribution is -0.117. The first-order chi connectivity index (χ1) is 15.1. The lowest BCUT2D eigenvalue weighted by Crippen LogP contribution is -2.38. The highest BCUT2D eigenvalue weighted by molar-refractivity contribution is 5.92. The highest BCUT2D eigenvalue weighted by Gasteiger charge is 2.26. The minimum absolute atomic E-state index is 0.0753. The second-order valence-electron chi connectivity index (χ2n) is 7.63. The smallest absolute Gasteiger partial charge is 0.238 e. The van der Waals surface area contributed by atoms with Crippen LogP contribution in [0.15, 0.2) is 47.0 Å². The number of hydrogen-bond donors (Lipinski definition) is 1. The molecule has 31 heavy (non-hydrogen) atoms. The molecule has 2 aromatic carbocycles. The number of nitrogens with one attached hydrogen (secondary N) is 1. The monoisotopic (exact) mass is 424 g/mol. The molecule has 2 aliphatic heterocycles. The topological polar surface area (TPSA) is 89.7 Å². The fraction of sp³-hybridized carbons (Fsp3) is 0.318. The number of carbonyl (C=O) groups excluding carboxylic acids is 1. The van der Waals surface area contributed by atoms with Gasteiger partial charge in [-0.1, -0.05) is 5.16 Å². The van der Waals surface area contributed by atoms with Crippen molar-refractivity contribution in [3.05, 3.63) is 54.2 Å². The highest BCUT2D eigenvalue weighted by Crippen LogP contribution is 2.34. The fourth-order valence-corrected chi connectivity index (χ4v) is 3.83. The van der Waals surface area contributed by atoms with E-state index in [0.717, 1.165) is 25.9 Å². The van der Waals surface area contributed by atoms with Crippen LogP contribution in [0.2, 0.25) is 0 Å². The number of halogens is 1. The lowest BCUT2D eigenvalue weighted by atomic mass is 9.97. The van der Waals surface area contributed by atoms with E-state index in [0.29, 0.717) is 41.0 Å². The first kappa shape index (κ1) is 19.5. The Bertz CT molecular complexity index is 1080. The Morgan fingerprint density at radius 3 is 2.68 bits per heavy atom. The van der Waals surface area contributed by atoms with Gasteiger partial charge in [0.2, 0.25) is 24.4 Å². The van der Waals surface area contributed by atoms with E-state index in [2.05, 4.69) is 20.4 Å². The van der Waals surface area contributed by atoms with Crippen LogP contribution in [0.5, 0.6) is 11.5 Å². The Labute approximate surface area is 178 Å². The Hall–Kier alpha value is -3.46. The first-order valence-electron chi connectivity index (χ1n) is 10.2. The molecule has 8 nitrogen and oxygen atoms in total. The van der Waals surface area contributed by atoms with Gasteiger partial charge in [-0.15, -0.1) is 0 Å². The minimum Gasteiger partial charge on any atom is -0.454 e. The average molecular weight is 424 g/mol. The number of likely N-dealkylation sites (tertiary alicyclic amines) is 1. The van der Waals surface area contributed by atoms with Crippen molar-refractivity contribution in [2.24, 2.45) is 0 Å². The van der Waals surface area contributed by atoms with Crippen LogP contribution in [0.3, 0.4) is 0 Å². The molecule has 0 radical (unpaired) electrons. The van der Waals surface area contributed by atoms with E-state index in [4.69, 9.17) is 14.0 Å². The summed E-state index contributed by atoms with van der Waals surface area (Å²) >= 11 is 0. The Morgan fingerprint density at radius 2 is 1.87 bits per heavy atom. The van der Waals surface area contributed by atoms with Gasteiger partial charge < -0.3 is 19.3 Å². The number of anilines is 1. The van der Waals surface area contributed by atoms with Crippen molar-refractivity contribution in [3.63, 3.8) is 0 Å². The number of amides is 1. The zero-order chi connectivity index (χ0) is 21.2. The van der Waals surface area contributed by atoms with Crippen molar-refractivity contribution in [3.8, 4) is 22.9 Å². The molecule has 0 bridgehead atoms. The molecule has 1 saturated heterocycles. The summed E-state index contributed by atoms with van der Waals surface area (Å²) in [5, 5.41) is 6.93. The van der Waals surface area contributed by atoms with Crippen molar-refractivity contribution in [2.75, 3.05) is 31.7 Å². The molecule has 1 amide bonds. The number of fused-ring (bicyclic) bond motifs is 1. The summed E-state index contributed by atoms with van der Waals surface area (Å²) in [4.78, 5) is 19.0. The maximum atomic E-state index is 13.1. The van der Waals surface area contributed by atoms with E-state index in [1.165, 1.54) is 12.1 Å². The van der Waals surface area contributed by atoms with E-state index in [1.807, 2.05) is 0 Å². The highest BCUT2D eigenvalue weighted by atomic mass is 19.1. The SMILES string of the molecule is O=C(CN1CCC(c2nc(-c3ccc(F)cc3)no2)CC1)Nc1ccc2c(c1)OCO2. The molecule has 1 fully saturated rings. The van der Waals surface area contributed by atoms with Gasteiger partial charge in [-0.3, -0.25) is 9.69 Å². The van der Waals surface area contributed by atoms with Gasteiger partial charge in [0.15, 0.2) is 11.5 Å². The van der Waals surface area contributed by atoms with E-state index in [9.17, 15) is 9.18 Å². The number of rotatable bonds is 5. The van der Waals surface area contributed by atoms with E-state index in [-0.39, 0.29) is 24.4 Å². The standard InChI is InChI=1S/C22H21FN4O4/c23-16-3-1-14(2-4-16)21-25-22(31-26-21)15-7-9-27(10-8-15)12-20(28)24-17-5-6-18-19(11-17)30-13-29-18/h1-6,11,15H,7-10,12-13H2,(H,24,28). The van der Waals surface area contributed by atoms with Gasteiger partial charge in [0, 0.05) is 23.2 Å². The summed E-state index contributed by atoms with van der Waals surface area (Å²) in [5.74, 6) is 2.14. The van der Waals surface area contributed by atoms with Crippen molar-refractivity contribution in [1.82, 2.24) is 15.0 Å². The van der Waals surface area contributed by atoms with Gasteiger partial charge in [0.05, 0.1) is 6.54 Å². The second kappa shape index (κ2) is 8.35. The summed E-state index contributed by atoms with van der Waals surface area (Å²) in [6.45, 7) is 2.03. The van der Waals surface area contributed by atoms with Crippen molar-refractivity contribution in [2.45, 2.75) is 18.8 Å². The van der Waals surface area contributed by atoms with Gasteiger partial charge in [-0.2, -0.15) is 4.98 Å². The number of ether oxygens (including phenoxy) is 2. The molecule has 160 valence electrons.